The van der Waals surface area contributed by atoms with E-state index in [1.807, 2.05) is 0 Å². The van der Waals surface area contributed by atoms with Crippen molar-refractivity contribution in [2.24, 2.45) is 0 Å². The summed E-state index contributed by atoms with van der Waals surface area (Å²) in [6, 6.07) is 0. The molecule has 2 heterocycles. The zero-order valence-electron chi connectivity index (χ0n) is 13.0. The van der Waals surface area contributed by atoms with Gasteiger partial charge in [-0.25, -0.2) is 4.98 Å². The highest BCUT2D eigenvalue weighted by Gasteiger charge is 2.40. The molecule has 1 aromatic rings. The predicted molar refractivity (Wildman–Crippen MR) is 86.4 cm³/mol. The lowest BCUT2D eigenvalue weighted by atomic mass is 10.2. The molecule has 0 aromatic carbocycles. The first-order valence-electron chi connectivity index (χ1n) is 7.07. The summed E-state index contributed by atoms with van der Waals surface area (Å²) in [5.41, 5.74) is 0. The Balaban J connectivity index is 1.97. The average molecular weight is 313 g/mol. The molecule has 0 saturated carbocycles. The molecule has 1 unspecified atom stereocenters. The molecule has 0 amide bonds. The van der Waals surface area contributed by atoms with Crippen LogP contribution in [0.5, 0.6) is 0 Å². The summed E-state index contributed by atoms with van der Waals surface area (Å²) in [4.78, 5) is 18.0. The highest BCUT2D eigenvalue weighted by molar-refractivity contribution is 7.17. The Morgan fingerprint density at radius 3 is 2.75 bits per heavy atom. The van der Waals surface area contributed by atoms with E-state index in [9.17, 15) is 4.79 Å². The van der Waals surface area contributed by atoms with Gasteiger partial charge in [0.25, 0.3) is 0 Å². The lowest BCUT2D eigenvalue weighted by Gasteiger charge is -2.38. The van der Waals surface area contributed by atoms with Crippen LogP contribution in [0.3, 0.4) is 0 Å². The topological polar surface area (TPSA) is 42.4 Å². The fourth-order valence-electron chi connectivity index (χ4n) is 2.07. The maximum absolute atomic E-state index is 10.7. The fraction of sp³-hybridized carbons (Fsp3) is 0.714. The van der Waals surface area contributed by atoms with Gasteiger partial charge < -0.3 is 9.33 Å². The quantitative estimate of drug-likeness (QED) is 0.630. The Morgan fingerprint density at radius 1 is 1.50 bits per heavy atom. The third kappa shape index (κ3) is 3.29. The summed E-state index contributed by atoms with van der Waals surface area (Å²) >= 11 is 1.46. The molecule has 4 nitrogen and oxygen atoms in total. The zero-order valence-corrected chi connectivity index (χ0v) is 14.8. The van der Waals surface area contributed by atoms with Crippen molar-refractivity contribution in [1.29, 1.82) is 0 Å². The fourth-order valence-corrected chi connectivity index (χ4v) is 4.21. The van der Waals surface area contributed by atoms with Crippen LogP contribution >= 0.6 is 11.3 Å². The van der Waals surface area contributed by atoms with Gasteiger partial charge in [-0.05, 0) is 24.6 Å². The van der Waals surface area contributed by atoms with Gasteiger partial charge in [-0.15, -0.1) is 0 Å². The van der Waals surface area contributed by atoms with Gasteiger partial charge in [0.2, 0.25) is 0 Å². The lowest BCUT2D eigenvalue weighted by molar-refractivity contribution is 0.112. The third-order valence-corrected chi connectivity index (χ3v) is 9.83. The monoisotopic (exact) mass is 312 g/mol. The Kier molecular flexibility index (Phi) is 4.37. The molecule has 1 saturated heterocycles. The van der Waals surface area contributed by atoms with E-state index in [4.69, 9.17) is 4.43 Å². The molecule has 0 spiro atoms. The summed E-state index contributed by atoms with van der Waals surface area (Å²) in [6.07, 6.45) is 3.85. The normalized spacial score (nSPS) is 20.4. The van der Waals surface area contributed by atoms with Gasteiger partial charge in [-0.3, -0.25) is 4.79 Å². The van der Waals surface area contributed by atoms with Crippen molar-refractivity contribution in [1.82, 2.24) is 4.98 Å². The molecule has 0 aliphatic carbocycles. The summed E-state index contributed by atoms with van der Waals surface area (Å²) < 4.78 is 6.45. The van der Waals surface area contributed by atoms with Crippen molar-refractivity contribution in [2.45, 2.75) is 51.4 Å². The van der Waals surface area contributed by atoms with Gasteiger partial charge in [-0.1, -0.05) is 32.1 Å². The first kappa shape index (κ1) is 15.7. The van der Waals surface area contributed by atoms with Crippen LogP contribution in [0.1, 0.15) is 36.9 Å². The van der Waals surface area contributed by atoms with Crippen molar-refractivity contribution < 1.29 is 9.22 Å². The van der Waals surface area contributed by atoms with Gasteiger partial charge in [0.05, 0.1) is 17.2 Å². The van der Waals surface area contributed by atoms with Crippen molar-refractivity contribution >= 4 is 31.1 Å². The second-order valence-corrected chi connectivity index (χ2v) is 12.7. The van der Waals surface area contributed by atoms with E-state index in [-0.39, 0.29) is 5.04 Å². The van der Waals surface area contributed by atoms with Gasteiger partial charge >= 0.3 is 0 Å². The molecule has 1 aliphatic rings. The van der Waals surface area contributed by atoms with Gasteiger partial charge in [0.1, 0.15) is 0 Å². The van der Waals surface area contributed by atoms with Crippen LogP contribution in [-0.2, 0) is 4.43 Å². The van der Waals surface area contributed by atoms with Crippen molar-refractivity contribution in [3.63, 3.8) is 0 Å². The SMILES string of the molecule is CC(C)(C)[Si](C)(C)OC1CCN(c2ncc(C=O)s2)C1. The molecule has 6 heteroatoms. The zero-order chi connectivity index (χ0) is 15.0. The maximum atomic E-state index is 10.7. The molecule has 0 bridgehead atoms. The van der Waals surface area contributed by atoms with E-state index in [0.717, 1.165) is 30.9 Å². The number of anilines is 1. The first-order valence-corrected chi connectivity index (χ1v) is 10.8. The number of aromatic nitrogens is 1. The number of hydrogen-bond donors (Lipinski definition) is 0. The highest BCUT2D eigenvalue weighted by atomic mass is 32.1. The molecule has 20 heavy (non-hydrogen) atoms. The Hall–Kier alpha value is -0.723. The van der Waals surface area contributed by atoms with Gasteiger partial charge in [0, 0.05) is 13.1 Å². The summed E-state index contributed by atoms with van der Waals surface area (Å²) in [6.45, 7) is 13.2. The number of aldehydes is 1. The molecule has 1 fully saturated rings. The molecular formula is C14H24N2O2SSi. The molecule has 0 N–H and O–H groups in total. The van der Waals surface area contributed by atoms with Crippen LogP contribution in [0.25, 0.3) is 0 Å². The lowest BCUT2D eigenvalue weighted by Crippen LogP contribution is -2.44. The number of hydrogen-bond acceptors (Lipinski definition) is 5. The number of rotatable bonds is 4. The van der Waals surface area contributed by atoms with Gasteiger partial charge in [-0.2, -0.15) is 0 Å². The van der Waals surface area contributed by atoms with E-state index in [2.05, 4.69) is 43.7 Å². The molecule has 0 radical (unpaired) electrons. The first-order chi connectivity index (χ1) is 9.23. The molecule has 1 aliphatic heterocycles. The van der Waals surface area contributed by atoms with Crippen LogP contribution < -0.4 is 4.90 Å². The van der Waals surface area contributed by atoms with E-state index in [1.54, 1.807) is 6.20 Å². The minimum Gasteiger partial charge on any atom is -0.412 e. The van der Waals surface area contributed by atoms with E-state index < -0.39 is 8.32 Å². The van der Waals surface area contributed by atoms with Gasteiger partial charge in [0.15, 0.2) is 19.7 Å². The summed E-state index contributed by atoms with van der Waals surface area (Å²) in [7, 11) is -1.70. The maximum Gasteiger partial charge on any atom is 0.192 e. The minimum atomic E-state index is -1.70. The number of thiazole rings is 1. The Morgan fingerprint density at radius 2 is 2.20 bits per heavy atom. The van der Waals surface area contributed by atoms with Crippen molar-refractivity contribution in [2.75, 3.05) is 18.0 Å². The smallest absolute Gasteiger partial charge is 0.192 e. The molecule has 2 rings (SSSR count). The van der Waals surface area contributed by atoms with E-state index >= 15 is 0 Å². The number of nitrogens with zero attached hydrogens (tertiary/aromatic N) is 2. The number of carbonyl (C=O) groups is 1. The molecule has 112 valence electrons. The minimum absolute atomic E-state index is 0.242. The van der Waals surface area contributed by atoms with Crippen LogP contribution in [0.4, 0.5) is 5.13 Å². The Bertz CT molecular complexity index is 482. The molecular weight excluding hydrogens is 288 g/mol. The molecule has 1 aromatic heterocycles. The number of carbonyl (C=O) groups excluding carboxylic acids is 1. The van der Waals surface area contributed by atoms with Crippen molar-refractivity contribution in [3.05, 3.63) is 11.1 Å². The van der Waals surface area contributed by atoms with Crippen LogP contribution in [0, 0.1) is 0 Å². The molecule has 1 atom stereocenters. The van der Waals surface area contributed by atoms with E-state index in [0.29, 0.717) is 11.0 Å². The summed E-state index contributed by atoms with van der Waals surface area (Å²) in [5, 5.41) is 1.18. The predicted octanol–water partition coefficient (Wildman–Crippen LogP) is 3.56. The summed E-state index contributed by atoms with van der Waals surface area (Å²) in [5.74, 6) is 0. The van der Waals surface area contributed by atoms with Crippen LogP contribution in [0.15, 0.2) is 6.20 Å². The second-order valence-electron chi connectivity index (χ2n) is 6.90. The second kappa shape index (κ2) is 5.58. The average Bonchev–Trinajstić information content (AvgIpc) is 2.94. The third-order valence-electron chi connectivity index (χ3n) is 4.31. The van der Waals surface area contributed by atoms with Crippen molar-refractivity contribution in [3.8, 4) is 0 Å². The highest BCUT2D eigenvalue weighted by Crippen LogP contribution is 2.38. The largest absolute Gasteiger partial charge is 0.412 e. The standard InChI is InChI=1S/C14H24N2O2SSi/c1-14(2,3)20(4,5)18-11-6-7-16(9-11)13-15-8-12(10-17)19-13/h8,10-11H,6-7,9H2,1-5H3. The van der Waals surface area contributed by atoms with Crippen LogP contribution in [0.2, 0.25) is 18.1 Å². The van der Waals surface area contributed by atoms with E-state index in [1.165, 1.54) is 11.3 Å². The Labute approximate surface area is 126 Å². The van der Waals surface area contributed by atoms with Crippen LogP contribution in [-0.4, -0.2) is 38.8 Å².